The van der Waals surface area contributed by atoms with Gasteiger partial charge in [-0.15, -0.1) is 0 Å². The number of ether oxygens (including phenoxy) is 2. The van der Waals surface area contributed by atoms with Crippen LogP contribution < -0.4 is 14.8 Å². The van der Waals surface area contributed by atoms with E-state index in [2.05, 4.69) is 5.32 Å². The first-order valence-electron chi connectivity index (χ1n) is 6.58. The molecule has 7 heteroatoms. The molecule has 3 rings (SSSR count). The van der Waals surface area contributed by atoms with Gasteiger partial charge in [-0.1, -0.05) is 24.3 Å². The molecule has 2 aromatic rings. The van der Waals surface area contributed by atoms with Crippen LogP contribution in [0.2, 0.25) is 0 Å². The molecule has 112 valence electrons. The Balaban J connectivity index is 1.75. The summed E-state index contributed by atoms with van der Waals surface area (Å²) in [4.78, 5) is 22.6. The van der Waals surface area contributed by atoms with E-state index in [-0.39, 0.29) is 18.0 Å². The van der Waals surface area contributed by atoms with Gasteiger partial charge in [0, 0.05) is 6.07 Å². The Morgan fingerprint density at radius 3 is 2.59 bits per heavy atom. The van der Waals surface area contributed by atoms with Gasteiger partial charge < -0.3 is 14.8 Å². The fourth-order valence-electron chi connectivity index (χ4n) is 2.10. The number of benzene rings is 2. The predicted octanol–water partition coefficient (Wildman–Crippen LogP) is 2.37. The van der Waals surface area contributed by atoms with Gasteiger partial charge in [0.25, 0.3) is 11.6 Å². The molecule has 0 saturated heterocycles. The lowest BCUT2D eigenvalue weighted by molar-refractivity contribution is -0.383. The number of anilines is 1. The van der Waals surface area contributed by atoms with Gasteiger partial charge in [-0.25, -0.2) is 0 Å². The third-order valence-electron chi connectivity index (χ3n) is 3.16. The maximum atomic E-state index is 12.2. The second-order valence-electron chi connectivity index (χ2n) is 4.63. The molecule has 0 spiro atoms. The molecule has 0 aromatic heterocycles. The Hall–Kier alpha value is -3.09. The minimum absolute atomic E-state index is 0.0451. The summed E-state index contributed by atoms with van der Waals surface area (Å²) in [5, 5.41) is 13.4. The first-order chi connectivity index (χ1) is 10.6. The number of carbonyl (C=O) groups is 1. The van der Waals surface area contributed by atoms with Crippen LogP contribution in [0.1, 0.15) is 0 Å². The Morgan fingerprint density at radius 2 is 1.82 bits per heavy atom. The molecular formula is C15H12N2O5. The SMILES string of the molecule is O=C(Nc1ccccc1[N+](=O)[O-])[C@H]1COc2ccccc2O1. The van der Waals surface area contributed by atoms with Gasteiger partial charge in [-0.2, -0.15) is 0 Å². The minimum atomic E-state index is -0.866. The lowest BCUT2D eigenvalue weighted by Gasteiger charge is -2.25. The summed E-state index contributed by atoms with van der Waals surface area (Å²) in [6.07, 6.45) is -0.866. The Morgan fingerprint density at radius 1 is 1.14 bits per heavy atom. The molecule has 22 heavy (non-hydrogen) atoms. The zero-order valence-corrected chi connectivity index (χ0v) is 11.4. The zero-order valence-electron chi connectivity index (χ0n) is 11.4. The molecule has 1 aliphatic heterocycles. The average molecular weight is 300 g/mol. The van der Waals surface area contributed by atoms with Crippen LogP contribution in [0.3, 0.4) is 0 Å². The van der Waals surface area contributed by atoms with Crippen LogP contribution >= 0.6 is 0 Å². The molecule has 0 unspecified atom stereocenters. The van der Waals surface area contributed by atoms with Gasteiger partial charge in [-0.3, -0.25) is 14.9 Å². The summed E-state index contributed by atoms with van der Waals surface area (Å²) < 4.78 is 11.0. The lowest BCUT2D eigenvalue weighted by Crippen LogP contribution is -2.40. The number of amides is 1. The topological polar surface area (TPSA) is 90.7 Å². The highest BCUT2D eigenvalue weighted by Gasteiger charge is 2.28. The van der Waals surface area contributed by atoms with Gasteiger partial charge in [0.2, 0.25) is 6.10 Å². The predicted molar refractivity (Wildman–Crippen MR) is 78.1 cm³/mol. The standard InChI is InChI=1S/C15H12N2O5/c18-15(16-10-5-1-2-6-11(10)17(19)20)14-9-21-12-7-3-4-8-13(12)22-14/h1-8,14H,9H2,(H,16,18)/t14-/m1/s1. The molecular weight excluding hydrogens is 288 g/mol. The van der Waals surface area contributed by atoms with Gasteiger partial charge >= 0.3 is 0 Å². The fraction of sp³-hybridized carbons (Fsp3) is 0.133. The van der Waals surface area contributed by atoms with Crippen molar-refractivity contribution in [1.29, 1.82) is 0 Å². The molecule has 0 bridgehead atoms. The van der Waals surface area contributed by atoms with Crippen LogP contribution in [0.4, 0.5) is 11.4 Å². The summed E-state index contributed by atoms with van der Waals surface area (Å²) in [5.74, 6) is 0.539. The van der Waals surface area contributed by atoms with Crippen molar-refractivity contribution in [3.05, 3.63) is 58.6 Å². The fourth-order valence-corrected chi connectivity index (χ4v) is 2.10. The molecule has 1 atom stereocenters. The molecule has 0 radical (unpaired) electrons. The van der Waals surface area contributed by atoms with Crippen LogP contribution in [-0.4, -0.2) is 23.5 Å². The lowest BCUT2D eigenvalue weighted by atomic mass is 10.2. The first kappa shape index (κ1) is 13.9. The molecule has 0 aliphatic carbocycles. The second kappa shape index (κ2) is 5.72. The molecule has 1 amide bonds. The highest BCUT2D eigenvalue weighted by atomic mass is 16.6. The molecule has 1 N–H and O–H groups in total. The number of nitrogens with zero attached hydrogens (tertiary/aromatic N) is 1. The third-order valence-corrected chi connectivity index (χ3v) is 3.16. The number of hydrogen-bond donors (Lipinski definition) is 1. The van der Waals surface area contributed by atoms with Crippen molar-refractivity contribution >= 4 is 17.3 Å². The van der Waals surface area contributed by atoms with Crippen LogP contribution in [-0.2, 0) is 4.79 Å². The molecule has 1 heterocycles. The van der Waals surface area contributed by atoms with Gasteiger partial charge in [-0.05, 0) is 18.2 Å². The number of fused-ring (bicyclic) bond motifs is 1. The van der Waals surface area contributed by atoms with E-state index >= 15 is 0 Å². The van der Waals surface area contributed by atoms with E-state index in [4.69, 9.17) is 9.47 Å². The summed E-state index contributed by atoms with van der Waals surface area (Å²) in [5.41, 5.74) is -0.0482. The van der Waals surface area contributed by atoms with Crippen molar-refractivity contribution in [2.75, 3.05) is 11.9 Å². The number of nitrogens with one attached hydrogen (secondary N) is 1. The van der Waals surface area contributed by atoms with E-state index in [1.54, 1.807) is 30.3 Å². The number of para-hydroxylation sites is 4. The van der Waals surface area contributed by atoms with Gasteiger partial charge in [0.1, 0.15) is 12.3 Å². The van der Waals surface area contributed by atoms with Crippen molar-refractivity contribution in [1.82, 2.24) is 0 Å². The molecule has 2 aromatic carbocycles. The Labute approximate surface area is 125 Å². The first-order valence-corrected chi connectivity index (χ1v) is 6.58. The highest BCUT2D eigenvalue weighted by molar-refractivity contribution is 5.96. The summed E-state index contributed by atoms with van der Waals surface area (Å²) >= 11 is 0. The van der Waals surface area contributed by atoms with E-state index < -0.39 is 16.9 Å². The Kier molecular flexibility index (Phi) is 3.61. The Bertz CT molecular complexity index is 731. The molecule has 1 aliphatic rings. The average Bonchev–Trinajstić information content (AvgIpc) is 2.54. The molecule has 7 nitrogen and oxygen atoms in total. The maximum Gasteiger partial charge on any atom is 0.292 e. The number of nitro groups is 1. The van der Waals surface area contributed by atoms with Crippen LogP contribution in [0.5, 0.6) is 11.5 Å². The maximum absolute atomic E-state index is 12.2. The van der Waals surface area contributed by atoms with Crippen LogP contribution in [0.25, 0.3) is 0 Å². The molecule has 0 saturated carbocycles. The number of carbonyl (C=O) groups excluding carboxylic acids is 1. The summed E-state index contributed by atoms with van der Waals surface area (Å²) in [6, 6.07) is 12.9. The number of hydrogen-bond acceptors (Lipinski definition) is 5. The van der Waals surface area contributed by atoms with Crippen molar-refractivity contribution in [3.63, 3.8) is 0 Å². The van der Waals surface area contributed by atoms with Crippen molar-refractivity contribution in [3.8, 4) is 11.5 Å². The van der Waals surface area contributed by atoms with E-state index in [1.165, 1.54) is 18.2 Å². The quantitative estimate of drug-likeness (QED) is 0.694. The third kappa shape index (κ3) is 2.69. The van der Waals surface area contributed by atoms with Crippen LogP contribution in [0, 0.1) is 10.1 Å². The number of nitro benzene ring substituents is 1. The highest BCUT2D eigenvalue weighted by Crippen LogP contribution is 2.31. The zero-order chi connectivity index (χ0) is 15.5. The molecule has 0 fully saturated rings. The van der Waals surface area contributed by atoms with Gasteiger partial charge in [0.15, 0.2) is 11.5 Å². The van der Waals surface area contributed by atoms with E-state index in [1.807, 2.05) is 0 Å². The summed E-state index contributed by atoms with van der Waals surface area (Å²) in [7, 11) is 0. The van der Waals surface area contributed by atoms with E-state index in [0.717, 1.165) is 0 Å². The second-order valence-corrected chi connectivity index (χ2v) is 4.63. The van der Waals surface area contributed by atoms with Gasteiger partial charge in [0.05, 0.1) is 4.92 Å². The van der Waals surface area contributed by atoms with Crippen LogP contribution in [0.15, 0.2) is 48.5 Å². The number of rotatable bonds is 3. The normalized spacial score (nSPS) is 15.9. The van der Waals surface area contributed by atoms with E-state index in [9.17, 15) is 14.9 Å². The smallest absolute Gasteiger partial charge is 0.292 e. The summed E-state index contributed by atoms with van der Waals surface area (Å²) in [6.45, 7) is 0.0451. The monoisotopic (exact) mass is 300 g/mol. The minimum Gasteiger partial charge on any atom is -0.485 e. The van der Waals surface area contributed by atoms with E-state index in [0.29, 0.717) is 11.5 Å². The van der Waals surface area contributed by atoms with Crippen molar-refractivity contribution in [2.45, 2.75) is 6.10 Å². The van der Waals surface area contributed by atoms with Crippen molar-refractivity contribution < 1.29 is 19.2 Å². The van der Waals surface area contributed by atoms with Crippen molar-refractivity contribution in [2.24, 2.45) is 0 Å². The largest absolute Gasteiger partial charge is 0.485 e.